The lowest BCUT2D eigenvalue weighted by Crippen LogP contribution is -2.28. The number of hydrogen-bond donors (Lipinski definition) is 1. The van der Waals surface area contributed by atoms with E-state index in [9.17, 15) is 4.79 Å². The molecule has 0 aliphatic heterocycles. The van der Waals surface area contributed by atoms with E-state index < -0.39 is 0 Å². The Hall–Kier alpha value is -3.67. The van der Waals surface area contributed by atoms with Gasteiger partial charge in [-0.3, -0.25) is 4.79 Å². The molecule has 27 heavy (non-hydrogen) atoms. The maximum atomic E-state index is 12.1. The van der Waals surface area contributed by atoms with Crippen molar-refractivity contribution in [2.75, 3.05) is 6.61 Å². The Labute approximate surface area is 155 Å². The quantitative estimate of drug-likeness (QED) is 0.569. The number of amides is 1. The number of nitrogens with one attached hydrogen (secondary N) is 1. The van der Waals surface area contributed by atoms with Crippen molar-refractivity contribution in [3.8, 4) is 17.1 Å². The van der Waals surface area contributed by atoms with Crippen LogP contribution < -0.4 is 10.1 Å². The van der Waals surface area contributed by atoms with E-state index in [1.165, 1.54) is 0 Å². The zero-order valence-electron chi connectivity index (χ0n) is 14.5. The summed E-state index contributed by atoms with van der Waals surface area (Å²) in [6.07, 6.45) is 0. The summed E-state index contributed by atoms with van der Waals surface area (Å²) in [7, 11) is 0. The van der Waals surface area contributed by atoms with Gasteiger partial charge in [0.15, 0.2) is 6.61 Å². The normalized spacial score (nSPS) is 10.7. The lowest BCUT2D eigenvalue weighted by molar-refractivity contribution is -0.123. The standard InChI is InChI=1S/C21H17N3O3/c25-19(14-26-18-12-6-10-15-7-4-5-11-17(15)18)22-13-20-23-21(24-27-20)16-8-2-1-3-9-16/h1-12H,13-14H2,(H,22,25). The number of fused-ring (bicyclic) bond motifs is 1. The summed E-state index contributed by atoms with van der Waals surface area (Å²) in [6.45, 7) is 0.0608. The van der Waals surface area contributed by atoms with Crippen LogP contribution in [-0.4, -0.2) is 22.7 Å². The van der Waals surface area contributed by atoms with Crippen molar-refractivity contribution >= 4 is 16.7 Å². The van der Waals surface area contributed by atoms with Crippen LogP contribution >= 0.6 is 0 Å². The minimum absolute atomic E-state index is 0.0896. The minimum atomic E-state index is -0.262. The summed E-state index contributed by atoms with van der Waals surface area (Å²) in [5.41, 5.74) is 0.859. The Morgan fingerprint density at radius 1 is 0.963 bits per heavy atom. The van der Waals surface area contributed by atoms with Gasteiger partial charge in [0.2, 0.25) is 11.7 Å². The van der Waals surface area contributed by atoms with Crippen molar-refractivity contribution in [1.29, 1.82) is 0 Å². The van der Waals surface area contributed by atoms with Gasteiger partial charge in [-0.05, 0) is 11.5 Å². The molecule has 0 fully saturated rings. The van der Waals surface area contributed by atoms with Gasteiger partial charge in [-0.25, -0.2) is 0 Å². The van der Waals surface area contributed by atoms with E-state index in [2.05, 4.69) is 15.5 Å². The summed E-state index contributed by atoms with van der Waals surface area (Å²) >= 11 is 0. The molecule has 3 aromatic carbocycles. The Morgan fingerprint density at radius 3 is 2.63 bits per heavy atom. The predicted molar refractivity (Wildman–Crippen MR) is 101 cm³/mol. The van der Waals surface area contributed by atoms with E-state index >= 15 is 0 Å². The van der Waals surface area contributed by atoms with E-state index in [-0.39, 0.29) is 19.1 Å². The Bertz CT molecular complexity index is 1060. The molecule has 0 aliphatic rings. The topological polar surface area (TPSA) is 77.2 Å². The monoisotopic (exact) mass is 359 g/mol. The van der Waals surface area contributed by atoms with Crippen molar-refractivity contribution < 1.29 is 14.1 Å². The molecule has 4 rings (SSSR count). The summed E-state index contributed by atoms with van der Waals surface area (Å²) in [5, 5.41) is 8.68. The second-order valence-corrected chi connectivity index (χ2v) is 5.92. The van der Waals surface area contributed by atoms with Gasteiger partial charge in [-0.1, -0.05) is 71.9 Å². The minimum Gasteiger partial charge on any atom is -0.483 e. The zero-order chi connectivity index (χ0) is 18.5. The van der Waals surface area contributed by atoms with E-state index in [0.29, 0.717) is 17.5 Å². The summed E-state index contributed by atoms with van der Waals surface area (Å²) in [6, 6.07) is 23.1. The lowest BCUT2D eigenvalue weighted by Gasteiger charge is -2.09. The number of nitrogens with zero attached hydrogens (tertiary/aromatic N) is 2. The van der Waals surface area contributed by atoms with E-state index in [1.807, 2.05) is 72.8 Å². The largest absolute Gasteiger partial charge is 0.483 e. The summed E-state index contributed by atoms with van der Waals surface area (Å²) in [4.78, 5) is 16.4. The highest BCUT2D eigenvalue weighted by Crippen LogP contribution is 2.24. The molecule has 0 saturated carbocycles. The Kier molecular flexibility index (Phi) is 4.78. The average molecular weight is 359 g/mol. The first-order valence-corrected chi connectivity index (χ1v) is 8.55. The van der Waals surface area contributed by atoms with Gasteiger partial charge < -0.3 is 14.6 Å². The highest BCUT2D eigenvalue weighted by Gasteiger charge is 2.10. The molecule has 0 saturated heterocycles. The Morgan fingerprint density at radius 2 is 1.74 bits per heavy atom. The van der Waals surface area contributed by atoms with Crippen LogP contribution in [0.4, 0.5) is 0 Å². The third kappa shape index (κ3) is 3.95. The molecule has 1 heterocycles. The molecule has 6 heteroatoms. The molecule has 0 radical (unpaired) electrons. The molecule has 0 atom stereocenters. The molecule has 0 spiro atoms. The van der Waals surface area contributed by atoms with Crippen LogP contribution in [0, 0.1) is 0 Å². The molecule has 134 valence electrons. The highest BCUT2D eigenvalue weighted by molar-refractivity contribution is 5.88. The van der Waals surface area contributed by atoms with Crippen molar-refractivity contribution in [2.45, 2.75) is 6.54 Å². The number of rotatable bonds is 6. The fourth-order valence-electron chi connectivity index (χ4n) is 2.72. The van der Waals surface area contributed by atoms with Crippen LogP contribution in [0.15, 0.2) is 77.3 Å². The fourth-order valence-corrected chi connectivity index (χ4v) is 2.72. The predicted octanol–water partition coefficient (Wildman–Crippen LogP) is 3.59. The maximum absolute atomic E-state index is 12.1. The first-order valence-electron chi connectivity index (χ1n) is 8.55. The van der Waals surface area contributed by atoms with Crippen LogP contribution in [0.1, 0.15) is 5.89 Å². The van der Waals surface area contributed by atoms with Crippen molar-refractivity contribution in [2.24, 2.45) is 0 Å². The van der Waals surface area contributed by atoms with Crippen LogP contribution in [0.5, 0.6) is 5.75 Å². The van der Waals surface area contributed by atoms with Gasteiger partial charge in [0, 0.05) is 10.9 Å². The number of carbonyl (C=O) groups is 1. The molecule has 0 bridgehead atoms. The first kappa shape index (κ1) is 16.8. The zero-order valence-corrected chi connectivity index (χ0v) is 14.5. The highest BCUT2D eigenvalue weighted by atomic mass is 16.5. The SMILES string of the molecule is O=C(COc1cccc2ccccc12)NCc1nc(-c2ccccc2)no1. The molecule has 4 aromatic rings. The van der Waals surface area contributed by atoms with E-state index in [0.717, 1.165) is 16.3 Å². The summed E-state index contributed by atoms with van der Waals surface area (Å²) < 4.78 is 10.8. The molecule has 1 N–H and O–H groups in total. The van der Waals surface area contributed by atoms with Gasteiger partial charge >= 0.3 is 0 Å². The second kappa shape index (κ2) is 7.70. The average Bonchev–Trinajstić information content (AvgIpc) is 3.20. The van der Waals surface area contributed by atoms with Gasteiger partial charge in [0.1, 0.15) is 5.75 Å². The van der Waals surface area contributed by atoms with Crippen LogP contribution in [0.25, 0.3) is 22.2 Å². The smallest absolute Gasteiger partial charge is 0.258 e. The van der Waals surface area contributed by atoms with Gasteiger partial charge in [0.25, 0.3) is 5.91 Å². The molecule has 0 aliphatic carbocycles. The molecule has 1 amide bonds. The van der Waals surface area contributed by atoms with Gasteiger partial charge in [-0.2, -0.15) is 4.98 Å². The van der Waals surface area contributed by atoms with Crippen molar-refractivity contribution in [3.05, 3.63) is 78.7 Å². The van der Waals surface area contributed by atoms with Crippen molar-refractivity contribution in [3.63, 3.8) is 0 Å². The number of ether oxygens (including phenoxy) is 1. The van der Waals surface area contributed by atoms with Crippen LogP contribution in [-0.2, 0) is 11.3 Å². The third-order valence-corrected chi connectivity index (χ3v) is 4.05. The van der Waals surface area contributed by atoms with Gasteiger partial charge in [0.05, 0.1) is 6.54 Å². The molecule has 0 unspecified atom stereocenters. The second-order valence-electron chi connectivity index (χ2n) is 5.92. The molecule has 1 aromatic heterocycles. The number of aromatic nitrogens is 2. The van der Waals surface area contributed by atoms with E-state index in [1.54, 1.807) is 0 Å². The third-order valence-electron chi connectivity index (χ3n) is 4.05. The maximum Gasteiger partial charge on any atom is 0.258 e. The first-order chi connectivity index (χ1) is 13.3. The number of hydrogen-bond acceptors (Lipinski definition) is 5. The number of benzene rings is 3. The van der Waals surface area contributed by atoms with Gasteiger partial charge in [-0.15, -0.1) is 0 Å². The molecule has 6 nitrogen and oxygen atoms in total. The van der Waals surface area contributed by atoms with Crippen LogP contribution in [0.3, 0.4) is 0 Å². The van der Waals surface area contributed by atoms with E-state index in [4.69, 9.17) is 9.26 Å². The lowest BCUT2D eigenvalue weighted by atomic mass is 10.1. The van der Waals surface area contributed by atoms with Crippen LogP contribution in [0.2, 0.25) is 0 Å². The fraction of sp³-hybridized carbons (Fsp3) is 0.0952. The summed E-state index contributed by atoms with van der Waals surface area (Å²) in [5.74, 6) is 1.24. The Balaban J connectivity index is 1.33. The van der Waals surface area contributed by atoms with Crippen molar-refractivity contribution in [1.82, 2.24) is 15.5 Å². The molecular formula is C21H17N3O3. The number of carbonyl (C=O) groups excluding carboxylic acids is 1. The molecular weight excluding hydrogens is 342 g/mol.